The molecular formula is C25H19BrN2O4S2. The van der Waals surface area contributed by atoms with E-state index in [1.165, 1.54) is 16.2 Å². The van der Waals surface area contributed by atoms with E-state index in [4.69, 9.17) is 0 Å². The lowest BCUT2D eigenvalue weighted by molar-refractivity contribution is -0.123. The highest BCUT2D eigenvalue weighted by Crippen LogP contribution is 2.68. The zero-order chi connectivity index (χ0) is 23.3. The van der Waals surface area contributed by atoms with Gasteiger partial charge in [-0.2, -0.15) is 0 Å². The second kappa shape index (κ2) is 7.32. The number of phenolic OH excluding ortho intramolecular Hbond substituents is 1. The molecular weight excluding hydrogens is 536 g/mol. The van der Waals surface area contributed by atoms with Gasteiger partial charge in [0.1, 0.15) is 5.75 Å². The van der Waals surface area contributed by atoms with Crippen LogP contribution >= 0.6 is 39.0 Å². The third-order valence-electron chi connectivity index (χ3n) is 8.06. The number of hydrogen-bond donors (Lipinski definition) is 2. The molecule has 3 aromatic rings. The molecule has 5 unspecified atom stereocenters. The topological polar surface area (TPSA) is 90.5 Å². The molecule has 0 radical (unpaired) electrons. The van der Waals surface area contributed by atoms with Gasteiger partial charge in [-0.1, -0.05) is 39.4 Å². The summed E-state index contributed by atoms with van der Waals surface area (Å²) in [5, 5.41) is 10.9. The predicted molar refractivity (Wildman–Crippen MR) is 133 cm³/mol. The maximum Gasteiger partial charge on any atom is 0.305 e. The lowest BCUT2D eigenvalue weighted by Crippen LogP contribution is -2.42. The van der Waals surface area contributed by atoms with Crippen LogP contribution in [0.4, 0.5) is 5.69 Å². The summed E-state index contributed by atoms with van der Waals surface area (Å²) in [5.74, 6) is -0.315. The molecule has 2 bridgehead atoms. The normalized spacial score (nSPS) is 33.2. The zero-order valence-corrected chi connectivity index (χ0v) is 20.9. The number of fused-ring (bicyclic) bond motifs is 9. The van der Waals surface area contributed by atoms with Crippen LogP contribution in [-0.4, -0.2) is 27.2 Å². The number of halogens is 1. The summed E-state index contributed by atoms with van der Waals surface area (Å²) < 4.78 is 0.898. The van der Waals surface area contributed by atoms with Gasteiger partial charge in [-0.3, -0.25) is 19.3 Å². The summed E-state index contributed by atoms with van der Waals surface area (Å²) in [4.78, 5) is 44.9. The van der Waals surface area contributed by atoms with Crippen molar-refractivity contribution in [3.63, 3.8) is 0 Å². The number of anilines is 1. The van der Waals surface area contributed by atoms with Crippen LogP contribution < -0.4 is 9.77 Å². The molecule has 1 saturated heterocycles. The average Bonchev–Trinajstić information content (AvgIpc) is 3.54. The van der Waals surface area contributed by atoms with Gasteiger partial charge >= 0.3 is 4.87 Å². The Kier molecular flexibility index (Phi) is 4.51. The average molecular weight is 555 g/mol. The number of aromatic nitrogens is 1. The number of H-pyrrole nitrogens is 1. The van der Waals surface area contributed by atoms with Gasteiger partial charge < -0.3 is 10.1 Å². The number of thioether (sulfide) groups is 1. The van der Waals surface area contributed by atoms with E-state index in [1.54, 1.807) is 23.9 Å². The van der Waals surface area contributed by atoms with E-state index in [0.29, 0.717) is 5.69 Å². The van der Waals surface area contributed by atoms with Gasteiger partial charge in [0.15, 0.2) is 0 Å². The van der Waals surface area contributed by atoms with Crippen molar-refractivity contribution in [2.24, 2.45) is 29.6 Å². The molecule has 34 heavy (non-hydrogen) atoms. The van der Waals surface area contributed by atoms with Crippen LogP contribution in [-0.2, 0) is 9.59 Å². The predicted octanol–water partition coefficient (Wildman–Crippen LogP) is 4.58. The lowest BCUT2D eigenvalue weighted by Gasteiger charge is -2.43. The summed E-state index contributed by atoms with van der Waals surface area (Å²) in [6, 6.07) is 14.5. The first kappa shape index (κ1) is 21.0. The molecule has 1 aromatic heterocycles. The Morgan fingerprint density at radius 1 is 0.941 bits per heavy atom. The van der Waals surface area contributed by atoms with Gasteiger partial charge in [0.25, 0.3) is 0 Å². The molecule has 0 spiro atoms. The Balaban J connectivity index is 1.32. The van der Waals surface area contributed by atoms with Gasteiger partial charge in [0.2, 0.25) is 11.8 Å². The minimum Gasteiger partial charge on any atom is -0.508 e. The Labute approximate surface area is 211 Å². The number of benzene rings is 2. The highest BCUT2D eigenvalue weighted by Gasteiger charge is 2.69. The zero-order valence-electron chi connectivity index (χ0n) is 17.7. The summed E-state index contributed by atoms with van der Waals surface area (Å²) in [5.41, 5.74) is 1.66. The van der Waals surface area contributed by atoms with Crippen LogP contribution in [0.5, 0.6) is 5.75 Å². The first-order valence-corrected chi connectivity index (χ1v) is 13.7. The smallest absolute Gasteiger partial charge is 0.305 e. The van der Waals surface area contributed by atoms with E-state index in [1.807, 2.05) is 36.4 Å². The number of imide groups is 1. The molecule has 172 valence electrons. The van der Waals surface area contributed by atoms with Crippen molar-refractivity contribution >= 4 is 56.5 Å². The minimum absolute atomic E-state index is 0.0358. The first-order chi connectivity index (χ1) is 16.4. The quantitative estimate of drug-likeness (QED) is 0.452. The molecule has 2 amide bonds. The maximum atomic E-state index is 13.7. The molecule has 7 atom stereocenters. The third kappa shape index (κ3) is 2.77. The summed E-state index contributed by atoms with van der Waals surface area (Å²) >= 11 is 6.34. The van der Waals surface area contributed by atoms with E-state index in [0.717, 1.165) is 26.4 Å². The monoisotopic (exact) mass is 554 g/mol. The number of phenols is 1. The fourth-order valence-electron chi connectivity index (χ4n) is 6.92. The summed E-state index contributed by atoms with van der Waals surface area (Å²) in [6.07, 6.45) is 0.858. The summed E-state index contributed by atoms with van der Waals surface area (Å²) in [7, 11) is 0. The number of nitrogens with zero attached hydrogens (tertiary/aromatic N) is 1. The van der Waals surface area contributed by atoms with Crippen molar-refractivity contribution in [2.75, 3.05) is 4.90 Å². The molecule has 6 nitrogen and oxygen atoms in total. The number of carbonyl (C=O) groups excluding carboxylic acids is 2. The number of hydrogen-bond acceptors (Lipinski definition) is 6. The van der Waals surface area contributed by atoms with E-state index in [2.05, 4.69) is 20.9 Å². The molecule has 2 saturated carbocycles. The number of thiazole rings is 1. The minimum atomic E-state index is -0.320. The van der Waals surface area contributed by atoms with E-state index in [9.17, 15) is 19.5 Å². The molecule has 2 aromatic carbocycles. The van der Waals surface area contributed by atoms with Crippen molar-refractivity contribution in [2.45, 2.75) is 22.6 Å². The lowest BCUT2D eigenvalue weighted by atomic mass is 9.68. The second-order valence-electron chi connectivity index (χ2n) is 9.54. The van der Waals surface area contributed by atoms with Crippen molar-refractivity contribution in [3.8, 4) is 5.75 Å². The molecule has 2 aliphatic carbocycles. The number of aromatic amines is 1. The Morgan fingerprint density at radius 2 is 1.62 bits per heavy atom. The maximum absolute atomic E-state index is 13.7. The van der Waals surface area contributed by atoms with Crippen LogP contribution in [0, 0.1) is 29.6 Å². The Hall–Kier alpha value is -2.36. The molecule has 4 aliphatic rings. The molecule has 7 rings (SSSR count). The summed E-state index contributed by atoms with van der Waals surface area (Å²) in [6.45, 7) is 0. The number of amides is 2. The Morgan fingerprint density at radius 3 is 2.32 bits per heavy atom. The number of rotatable bonds is 2. The highest BCUT2D eigenvalue weighted by atomic mass is 79.9. The third-order valence-corrected chi connectivity index (χ3v) is 11.2. The number of aromatic hydroxyl groups is 1. The van der Waals surface area contributed by atoms with Crippen molar-refractivity contribution in [3.05, 3.63) is 73.1 Å². The van der Waals surface area contributed by atoms with Crippen LogP contribution in [0.3, 0.4) is 0 Å². The van der Waals surface area contributed by atoms with Gasteiger partial charge in [0, 0.05) is 20.5 Å². The highest BCUT2D eigenvalue weighted by molar-refractivity contribution is 9.10. The van der Waals surface area contributed by atoms with E-state index in [-0.39, 0.29) is 63.2 Å². The number of nitrogens with one attached hydrogen (secondary N) is 1. The van der Waals surface area contributed by atoms with Gasteiger partial charge in [-0.05, 0) is 66.1 Å². The SMILES string of the molecule is O=C1C2C(C(=O)N1c1ccc(Br)cc1)[C@@H]1C[C@H]2C2Sc3[nH]c(=O)sc3C(c3ccc(O)cc3)C21. The Bertz CT molecular complexity index is 1400. The molecule has 3 heterocycles. The largest absolute Gasteiger partial charge is 0.508 e. The van der Waals surface area contributed by atoms with Crippen LogP contribution in [0.15, 0.2) is 62.8 Å². The van der Waals surface area contributed by atoms with Gasteiger partial charge in [-0.15, -0.1) is 11.8 Å². The fraction of sp³-hybridized carbons (Fsp3) is 0.320. The molecule has 9 heteroatoms. The first-order valence-electron chi connectivity index (χ1n) is 11.2. The van der Waals surface area contributed by atoms with Crippen molar-refractivity contribution in [1.29, 1.82) is 0 Å². The van der Waals surface area contributed by atoms with Crippen LogP contribution in [0.2, 0.25) is 0 Å². The molecule has 2 aliphatic heterocycles. The van der Waals surface area contributed by atoms with Crippen LogP contribution in [0.25, 0.3) is 0 Å². The second-order valence-corrected chi connectivity index (χ2v) is 12.7. The van der Waals surface area contributed by atoms with E-state index < -0.39 is 0 Å². The number of carbonyl (C=O) groups is 2. The van der Waals surface area contributed by atoms with Crippen molar-refractivity contribution in [1.82, 2.24) is 4.98 Å². The molecule has 3 fully saturated rings. The van der Waals surface area contributed by atoms with Crippen molar-refractivity contribution < 1.29 is 14.7 Å². The van der Waals surface area contributed by atoms with Gasteiger partial charge in [-0.25, -0.2) is 0 Å². The van der Waals surface area contributed by atoms with E-state index >= 15 is 0 Å². The standard InChI is InChI=1S/C25H19BrN2O4S2/c26-11-3-5-12(6-4-11)28-23(30)18-14-9-15(19(18)24(28)31)20-17(14)16(10-1-7-13(29)8-2-10)21-22(33-20)27-25(32)34-21/h1-8,14-20,29H,9H2,(H,27,32)/t14-,15-,16?,17?,18?,19?,20?/m1/s1. The molecule has 2 N–H and O–H groups in total. The fourth-order valence-corrected chi connectivity index (χ4v) is 10.1. The van der Waals surface area contributed by atoms with Crippen LogP contribution in [0.1, 0.15) is 22.8 Å². The van der Waals surface area contributed by atoms with Gasteiger partial charge in [0.05, 0.1) is 22.5 Å².